The Hall–Kier alpha value is -2.47. The van der Waals surface area contributed by atoms with Crippen LogP contribution in [0.4, 0.5) is 4.39 Å². The van der Waals surface area contributed by atoms with Crippen molar-refractivity contribution in [2.24, 2.45) is 0 Å². The van der Waals surface area contributed by atoms with Gasteiger partial charge in [-0.25, -0.2) is 13.9 Å². The number of halogens is 1. The molecule has 1 aliphatic heterocycles. The van der Waals surface area contributed by atoms with E-state index in [1.54, 1.807) is 0 Å². The molecular weight excluding hydrogens is 319 g/mol. The second kappa shape index (κ2) is 6.44. The van der Waals surface area contributed by atoms with E-state index >= 15 is 0 Å². The Labute approximate surface area is 145 Å². The number of H-pyrrole nitrogens is 1. The van der Waals surface area contributed by atoms with Gasteiger partial charge in [0.05, 0.1) is 11.7 Å². The van der Waals surface area contributed by atoms with E-state index in [1.807, 2.05) is 25.1 Å². The molecule has 0 radical (unpaired) electrons. The van der Waals surface area contributed by atoms with Crippen molar-refractivity contribution in [1.82, 2.24) is 19.5 Å². The minimum absolute atomic E-state index is 0.0883. The fourth-order valence-electron chi connectivity index (χ4n) is 3.66. The van der Waals surface area contributed by atoms with E-state index in [4.69, 9.17) is 0 Å². The first-order chi connectivity index (χ1) is 12.1. The number of nitrogens with one attached hydrogen (secondary N) is 1. The minimum atomic E-state index is -0.213. The summed E-state index contributed by atoms with van der Waals surface area (Å²) in [7, 11) is 0. The van der Waals surface area contributed by atoms with E-state index in [9.17, 15) is 9.18 Å². The van der Waals surface area contributed by atoms with E-state index in [2.05, 4.69) is 15.0 Å². The summed E-state index contributed by atoms with van der Waals surface area (Å²) >= 11 is 0. The summed E-state index contributed by atoms with van der Waals surface area (Å²) in [5, 5.41) is 3.23. The number of fused-ring (bicyclic) bond motifs is 1. The normalized spacial score (nSPS) is 18.7. The Morgan fingerprint density at radius 3 is 2.84 bits per heavy atom. The van der Waals surface area contributed by atoms with Gasteiger partial charge in [0.25, 0.3) is 5.56 Å². The Kier molecular flexibility index (Phi) is 4.13. The van der Waals surface area contributed by atoms with Gasteiger partial charge in [0.2, 0.25) is 0 Å². The van der Waals surface area contributed by atoms with Crippen molar-refractivity contribution in [2.75, 3.05) is 6.54 Å². The summed E-state index contributed by atoms with van der Waals surface area (Å²) in [4.78, 5) is 19.0. The first-order valence-corrected chi connectivity index (χ1v) is 8.68. The molecule has 25 heavy (non-hydrogen) atoms. The van der Waals surface area contributed by atoms with Gasteiger partial charge in [-0.15, -0.1) is 0 Å². The summed E-state index contributed by atoms with van der Waals surface area (Å²) in [6.45, 7) is 3.58. The van der Waals surface area contributed by atoms with Gasteiger partial charge in [-0.2, -0.15) is 0 Å². The lowest BCUT2D eigenvalue weighted by molar-refractivity contribution is 0.137. The largest absolute Gasteiger partial charge is 0.292 e. The zero-order chi connectivity index (χ0) is 17.4. The number of piperidine rings is 1. The molecule has 0 bridgehead atoms. The van der Waals surface area contributed by atoms with Crippen LogP contribution in [0.2, 0.25) is 0 Å². The third kappa shape index (κ3) is 3.22. The van der Waals surface area contributed by atoms with Gasteiger partial charge in [0.1, 0.15) is 5.82 Å². The molecule has 0 saturated carbocycles. The van der Waals surface area contributed by atoms with Crippen molar-refractivity contribution in [3.8, 4) is 0 Å². The van der Waals surface area contributed by atoms with Crippen LogP contribution >= 0.6 is 0 Å². The topological polar surface area (TPSA) is 53.4 Å². The highest BCUT2D eigenvalue weighted by atomic mass is 19.1. The second-order valence-corrected chi connectivity index (χ2v) is 6.75. The van der Waals surface area contributed by atoms with E-state index < -0.39 is 0 Å². The Balaban J connectivity index is 1.65. The first-order valence-electron chi connectivity index (χ1n) is 8.68. The van der Waals surface area contributed by atoms with E-state index in [1.165, 1.54) is 22.7 Å². The smallest absolute Gasteiger partial charge is 0.272 e. The molecule has 0 aliphatic carbocycles. The molecule has 6 heteroatoms. The van der Waals surface area contributed by atoms with Crippen LogP contribution in [0.25, 0.3) is 5.65 Å². The number of aromatic amines is 1. The average molecular weight is 340 g/mol. The molecule has 1 fully saturated rings. The highest BCUT2D eigenvalue weighted by Gasteiger charge is 2.26. The molecule has 1 unspecified atom stereocenters. The maximum absolute atomic E-state index is 13.1. The Morgan fingerprint density at radius 1 is 1.24 bits per heavy atom. The maximum atomic E-state index is 13.1. The fourth-order valence-corrected chi connectivity index (χ4v) is 3.66. The fraction of sp³-hybridized carbons (Fsp3) is 0.368. The molecule has 3 heterocycles. The van der Waals surface area contributed by atoms with Crippen molar-refractivity contribution in [3.63, 3.8) is 0 Å². The van der Waals surface area contributed by atoms with Crippen LogP contribution < -0.4 is 5.56 Å². The molecule has 1 saturated heterocycles. The van der Waals surface area contributed by atoms with Crippen LogP contribution in [0.5, 0.6) is 0 Å². The number of rotatable bonds is 3. The number of nitrogens with zero attached hydrogens (tertiary/aromatic N) is 3. The molecule has 130 valence electrons. The number of hydrogen-bond donors (Lipinski definition) is 1. The average Bonchev–Trinajstić information content (AvgIpc) is 3.01. The number of aromatic nitrogens is 3. The van der Waals surface area contributed by atoms with Crippen molar-refractivity contribution in [2.45, 2.75) is 38.8 Å². The molecule has 1 aliphatic rings. The van der Waals surface area contributed by atoms with Crippen LogP contribution in [-0.2, 0) is 6.54 Å². The lowest BCUT2D eigenvalue weighted by Gasteiger charge is -2.35. The number of benzene rings is 1. The summed E-state index contributed by atoms with van der Waals surface area (Å²) in [5.74, 6) is -0.213. The monoisotopic (exact) mass is 340 g/mol. The van der Waals surface area contributed by atoms with Crippen molar-refractivity contribution in [3.05, 3.63) is 69.5 Å². The second-order valence-electron chi connectivity index (χ2n) is 6.75. The van der Waals surface area contributed by atoms with Gasteiger partial charge in [0, 0.05) is 24.4 Å². The number of likely N-dealkylation sites (tertiary alicyclic amines) is 1. The highest BCUT2D eigenvalue weighted by Crippen LogP contribution is 2.31. The van der Waals surface area contributed by atoms with Gasteiger partial charge >= 0.3 is 0 Å². The van der Waals surface area contributed by atoms with Gasteiger partial charge < -0.3 is 0 Å². The summed E-state index contributed by atoms with van der Waals surface area (Å²) in [6.07, 6.45) is 3.33. The molecule has 4 rings (SSSR count). The molecule has 3 aromatic rings. The van der Waals surface area contributed by atoms with Crippen LogP contribution in [-0.4, -0.2) is 26.0 Å². The lowest BCUT2D eigenvalue weighted by Crippen LogP contribution is -2.33. The number of aryl methyl sites for hydroxylation is 1. The number of hydrogen-bond acceptors (Lipinski definition) is 3. The Bertz CT molecular complexity index is 944. The molecular formula is C19H21FN4O. The minimum Gasteiger partial charge on any atom is -0.292 e. The molecule has 1 atom stereocenters. The summed E-state index contributed by atoms with van der Waals surface area (Å²) in [5.41, 5.74) is 3.40. The van der Waals surface area contributed by atoms with Crippen LogP contribution in [0, 0.1) is 12.7 Å². The predicted octanol–water partition coefficient (Wildman–Crippen LogP) is 3.20. The molecule has 2 aromatic heterocycles. The molecule has 5 nitrogen and oxygen atoms in total. The van der Waals surface area contributed by atoms with Gasteiger partial charge in [-0.3, -0.25) is 14.8 Å². The zero-order valence-corrected chi connectivity index (χ0v) is 14.2. The van der Waals surface area contributed by atoms with Crippen molar-refractivity contribution in [1.29, 1.82) is 0 Å². The first kappa shape index (κ1) is 16.0. The van der Waals surface area contributed by atoms with E-state index in [-0.39, 0.29) is 17.4 Å². The standard InChI is InChI=1S/C19H21FN4O/c1-13-10-19(25)24-18(21-13)11-16(22-24)17-4-2-3-9-23(17)12-14-5-7-15(20)8-6-14/h5-8,10-11,17,22H,2-4,9,12H2,1H3. The molecule has 1 aromatic carbocycles. The summed E-state index contributed by atoms with van der Waals surface area (Å²) in [6, 6.07) is 10.4. The third-order valence-corrected chi connectivity index (χ3v) is 4.87. The quantitative estimate of drug-likeness (QED) is 0.797. The van der Waals surface area contributed by atoms with Crippen molar-refractivity contribution >= 4 is 5.65 Å². The Morgan fingerprint density at radius 2 is 2.04 bits per heavy atom. The highest BCUT2D eigenvalue weighted by molar-refractivity contribution is 5.40. The molecule has 1 N–H and O–H groups in total. The zero-order valence-electron chi connectivity index (χ0n) is 14.2. The lowest BCUT2D eigenvalue weighted by atomic mass is 9.98. The van der Waals surface area contributed by atoms with Gasteiger partial charge in [0.15, 0.2) is 5.65 Å². The van der Waals surface area contributed by atoms with Gasteiger partial charge in [-0.05, 0) is 44.0 Å². The predicted molar refractivity (Wildman–Crippen MR) is 94.0 cm³/mol. The van der Waals surface area contributed by atoms with Crippen LogP contribution in [0.15, 0.2) is 41.2 Å². The van der Waals surface area contributed by atoms with Crippen molar-refractivity contribution < 1.29 is 4.39 Å². The SMILES string of the molecule is Cc1cc(=O)n2[nH]c(C3CCCCN3Cc3ccc(F)cc3)cc2n1. The van der Waals surface area contributed by atoms with E-state index in [0.29, 0.717) is 5.65 Å². The van der Waals surface area contributed by atoms with Crippen LogP contribution in [0.3, 0.4) is 0 Å². The van der Waals surface area contributed by atoms with Gasteiger partial charge in [-0.1, -0.05) is 18.6 Å². The van der Waals surface area contributed by atoms with Crippen LogP contribution in [0.1, 0.15) is 42.3 Å². The molecule has 0 spiro atoms. The summed E-state index contributed by atoms with van der Waals surface area (Å²) < 4.78 is 14.6. The third-order valence-electron chi connectivity index (χ3n) is 4.87. The van der Waals surface area contributed by atoms with E-state index in [0.717, 1.165) is 49.3 Å². The molecule has 0 amide bonds. The maximum Gasteiger partial charge on any atom is 0.272 e.